The van der Waals surface area contributed by atoms with E-state index < -0.39 is 0 Å². The Kier molecular flexibility index (Phi) is 11.5. The molecule has 0 spiro atoms. The standard InChI is InChI=1S/C23H39NO3/c25-18-10-3-6-14-22(26)20-24(21-12-4-1-5-13-21)17-9-2-7-15-23-16-8-11-19-27-23/h1,4-5,12-13,22-23,25-26H,2-3,6-11,14-20H2. The van der Waals surface area contributed by atoms with E-state index in [4.69, 9.17) is 9.84 Å². The SMILES string of the molecule is OCCCCCC(O)CN(CCCCCC1CCCCO1)c1ccccc1. The maximum absolute atomic E-state index is 10.4. The predicted molar refractivity (Wildman–Crippen MR) is 112 cm³/mol. The van der Waals surface area contributed by atoms with E-state index in [1.54, 1.807) is 0 Å². The molecule has 0 aromatic heterocycles. The molecule has 1 aromatic carbocycles. The van der Waals surface area contributed by atoms with E-state index in [1.165, 1.54) is 44.2 Å². The Morgan fingerprint density at radius 1 is 1.00 bits per heavy atom. The summed E-state index contributed by atoms with van der Waals surface area (Å²) < 4.78 is 5.82. The van der Waals surface area contributed by atoms with E-state index in [0.29, 0.717) is 12.6 Å². The number of benzene rings is 1. The van der Waals surface area contributed by atoms with Crippen LogP contribution in [0.1, 0.15) is 70.6 Å². The molecule has 154 valence electrons. The van der Waals surface area contributed by atoms with Crippen LogP contribution in [0.25, 0.3) is 0 Å². The second-order valence-electron chi connectivity index (χ2n) is 7.85. The Morgan fingerprint density at radius 2 is 1.81 bits per heavy atom. The monoisotopic (exact) mass is 377 g/mol. The van der Waals surface area contributed by atoms with Gasteiger partial charge in [-0.05, 0) is 57.1 Å². The minimum Gasteiger partial charge on any atom is -0.396 e. The fraction of sp³-hybridized carbons (Fsp3) is 0.739. The van der Waals surface area contributed by atoms with Crippen molar-refractivity contribution in [1.82, 2.24) is 0 Å². The third kappa shape index (κ3) is 9.59. The van der Waals surface area contributed by atoms with Gasteiger partial charge in [-0.3, -0.25) is 0 Å². The van der Waals surface area contributed by atoms with Crippen LogP contribution in [0.5, 0.6) is 0 Å². The number of nitrogens with zero attached hydrogens (tertiary/aromatic N) is 1. The summed E-state index contributed by atoms with van der Waals surface area (Å²) >= 11 is 0. The molecular formula is C23H39NO3. The van der Waals surface area contributed by atoms with Crippen LogP contribution in [-0.2, 0) is 4.74 Å². The van der Waals surface area contributed by atoms with E-state index in [1.807, 2.05) is 6.07 Å². The Labute approximate surface area is 165 Å². The van der Waals surface area contributed by atoms with Gasteiger partial charge in [0.1, 0.15) is 0 Å². The number of anilines is 1. The smallest absolute Gasteiger partial charge is 0.0715 e. The molecule has 2 unspecified atom stereocenters. The van der Waals surface area contributed by atoms with E-state index in [0.717, 1.165) is 45.3 Å². The molecule has 0 amide bonds. The van der Waals surface area contributed by atoms with Crippen LogP contribution >= 0.6 is 0 Å². The fourth-order valence-corrected chi connectivity index (χ4v) is 3.87. The van der Waals surface area contributed by atoms with Crippen molar-refractivity contribution in [3.63, 3.8) is 0 Å². The van der Waals surface area contributed by atoms with E-state index >= 15 is 0 Å². The van der Waals surface area contributed by atoms with Crippen molar-refractivity contribution in [2.45, 2.75) is 82.8 Å². The van der Waals surface area contributed by atoms with Gasteiger partial charge in [0.05, 0.1) is 12.2 Å². The topological polar surface area (TPSA) is 52.9 Å². The average molecular weight is 378 g/mol. The van der Waals surface area contributed by atoms with Crippen LogP contribution in [0.4, 0.5) is 5.69 Å². The molecule has 2 N–H and O–H groups in total. The lowest BCUT2D eigenvalue weighted by Crippen LogP contribution is -2.33. The normalized spacial score (nSPS) is 18.4. The Hall–Kier alpha value is -1.10. The minimum atomic E-state index is -0.306. The molecule has 0 radical (unpaired) electrons. The van der Waals surface area contributed by atoms with Gasteiger partial charge in [-0.15, -0.1) is 0 Å². The molecule has 0 bridgehead atoms. The van der Waals surface area contributed by atoms with Crippen molar-refractivity contribution in [3.05, 3.63) is 30.3 Å². The Balaban J connectivity index is 1.70. The van der Waals surface area contributed by atoms with E-state index in [-0.39, 0.29) is 12.7 Å². The lowest BCUT2D eigenvalue weighted by Gasteiger charge is -2.28. The number of hydrogen-bond acceptors (Lipinski definition) is 4. The van der Waals surface area contributed by atoms with Crippen LogP contribution < -0.4 is 4.90 Å². The summed E-state index contributed by atoms with van der Waals surface area (Å²) in [5.74, 6) is 0. The third-order valence-corrected chi connectivity index (χ3v) is 5.48. The van der Waals surface area contributed by atoms with Gasteiger partial charge in [-0.1, -0.05) is 43.9 Å². The number of ether oxygens (including phenoxy) is 1. The largest absolute Gasteiger partial charge is 0.396 e. The van der Waals surface area contributed by atoms with Crippen LogP contribution in [0.3, 0.4) is 0 Å². The zero-order valence-corrected chi connectivity index (χ0v) is 16.9. The molecule has 1 aromatic rings. The first kappa shape index (κ1) is 22.2. The number of hydrogen-bond donors (Lipinski definition) is 2. The summed E-state index contributed by atoms with van der Waals surface area (Å²) in [6.07, 6.45) is 12.4. The van der Waals surface area contributed by atoms with Crippen molar-refractivity contribution >= 4 is 5.69 Å². The summed E-state index contributed by atoms with van der Waals surface area (Å²) in [5.41, 5.74) is 1.20. The molecule has 1 aliphatic rings. The van der Waals surface area contributed by atoms with Crippen molar-refractivity contribution in [1.29, 1.82) is 0 Å². The molecule has 2 rings (SSSR count). The van der Waals surface area contributed by atoms with Gasteiger partial charge in [-0.2, -0.15) is 0 Å². The van der Waals surface area contributed by atoms with E-state index in [9.17, 15) is 5.11 Å². The zero-order valence-electron chi connectivity index (χ0n) is 16.9. The fourth-order valence-electron chi connectivity index (χ4n) is 3.87. The van der Waals surface area contributed by atoms with Gasteiger partial charge in [-0.25, -0.2) is 0 Å². The first-order chi connectivity index (χ1) is 13.3. The molecule has 1 aliphatic heterocycles. The lowest BCUT2D eigenvalue weighted by molar-refractivity contribution is 0.00981. The number of aliphatic hydroxyl groups is 2. The zero-order chi connectivity index (χ0) is 19.2. The molecule has 2 atom stereocenters. The molecule has 4 nitrogen and oxygen atoms in total. The average Bonchev–Trinajstić information content (AvgIpc) is 2.71. The van der Waals surface area contributed by atoms with Crippen LogP contribution in [0.15, 0.2) is 30.3 Å². The highest BCUT2D eigenvalue weighted by molar-refractivity contribution is 5.46. The lowest BCUT2D eigenvalue weighted by atomic mass is 10.0. The third-order valence-electron chi connectivity index (χ3n) is 5.48. The van der Waals surface area contributed by atoms with Crippen LogP contribution in [-0.4, -0.2) is 48.7 Å². The van der Waals surface area contributed by atoms with Gasteiger partial charge >= 0.3 is 0 Å². The number of unbranched alkanes of at least 4 members (excludes halogenated alkanes) is 4. The first-order valence-electron chi connectivity index (χ1n) is 11.0. The quantitative estimate of drug-likeness (QED) is 0.468. The highest BCUT2D eigenvalue weighted by Gasteiger charge is 2.14. The summed E-state index contributed by atoms with van der Waals surface area (Å²) in [7, 11) is 0. The van der Waals surface area contributed by atoms with Crippen LogP contribution in [0, 0.1) is 0 Å². The summed E-state index contributed by atoms with van der Waals surface area (Å²) in [4.78, 5) is 2.33. The molecule has 4 heteroatoms. The van der Waals surface area contributed by atoms with Crippen LogP contribution in [0.2, 0.25) is 0 Å². The second-order valence-corrected chi connectivity index (χ2v) is 7.85. The number of rotatable bonds is 14. The van der Waals surface area contributed by atoms with Crippen molar-refractivity contribution in [2.24, 2.45) is 0 Å². The Morgan fingerprint density at radius 3 is 2.56 bits per heavy atom. The summed E-state index contributed by atoms with van der Waals surface area (Å²) in [6.45, 7) is 2.87. The van der Waals surface area contributed by atoms with Gasteiger partial charge < -0.3 is 19.8 Å². The van der Waals surface area contributed by atoms with Gasteiger partial charge in [0, 0.05) is 32.0 Å². The highest BCUT2D eigenvalue weighted by Crippen LogP contribution is 2.20. The van der Waals surface area contributed by atoms with Gasteiger partial charge in [0.25, 0.3) is 0 Å². The molecular weight excluding hydrogens is 338 g/mol. The predicted octanol–water partition coefficient (Wildman–Crippen LogP) is 4.54. The molecule has 0 aliphatic carbocycles. The molecule has 0 saturated carbocycles. The van der Waals surface area contributed by atoms with Gasteiger partial charge in [0.2, 0.25) is 0 Å². The highest BCUT2D eigenvalue weighted by atomic mass is 16.5. The molecule has 27 heavy (non-hydrogen) atoms. The molecule has 1 fully saturated rings. The van der Waals surface area contributed by atoms with Gasteiger partial charge in [0.15, 0.2) is 0 Å². The Bertz CT molecular complexity index is 462. The summed E-state index contributed by atoms with van der Waals surface area (Å²) in [6, 6.07) is 10.4. The van der Waals surface area contributed by atoms with Crippen molar-refractivity contribution in [2.75, 3.05) is 31.2 Å². The van der Waals surface area contributed by atoms with Crippen molar-refractivity contribution in [3.8, 4) is 0 Å². The molecule has 1 heterocycles. The minimum absolute atomic E-state index is 0.248. The maximum atomic E-state index is 10.4. The first-order valence-corrected chi connectivity index (χ1v) is 11.0. The second kappa shape index (κ2) is 14.0. The van der Waals surface area contributed by atoms with E-state index in [2.05, 4.69) is 29.2 Å². The summed E-state index contributed by atoms with van der Waals surface area (Å²) in [5, 5.41) is 19.3. The molecule has 1 saturated heterocycles. The number of aliphatic hydroxyl groups excluding tert-OH is 2. The van der Waals surface area contributed by atoms with Crippen molar-refractivity contribution < 1.29 is 14.9 Å². The maximum Gasteiger partial charge on any atom is 0.0715 e. The number of para-hydroxylation sites is 1.